The number of amides is 2. The Labute approximate surface area is 90.8 Å². The molecule has 0 aliphatic heterocycles. The molecule has 2 unspecified atom stereocenters. The summed E-state index contributed by atoms with van der Waals surface area (Å²) < 4.78 is 0. The molecule has 0 rings (SSSR count). The fourth-order valence-electron chi connectivity index (χ4n) is 0.940. The van der Waals surface area contributed by atoms with E-state index in [1.807, 2.05) is 13.8 Å². The summed E-state index contributed by atoms with van der Waals surface area (Å²) in [5, 5.41) is 5.22. The minimum atomic E-state index is -0.281. The largest absolute Gasteiger partial charge is 0.352 e. The Morgan fingerprint density at radius 2 is 1.73 bits per heavy atom. The van der Waals surface area contributed by atoms with E-state index in [0.717, 1.165) is 0 Å². The van der Waals surface area contributed by atoms with Crippen molar-refractivity contribution in [1.82, 2.24) is 10.6 Å². The van der Waals surface area contributed by atoms with Gasteiger partial charge in [0.05, 0.1) is 6.54 Å². The van der Waals surface area contributed by atoms with E-state index in [2.05, 4.69) is 10.6 Å². The first-order valence-electron chi connectivity index (χ1n) is 5.17. The lowest BCUT2D eigenvalue weighted by Crippen LogP contribution is -2.44. The third kappa shape index (κ3) is 6.06. The monoisotopic (exact) mass is 215 g/mol. The minimum absolute atomic E-state index is 0.00801. The summed E-state index contributed by atoms with van der Waals surface area (Å²) in [5.41, 5.74) is 5.56. The molecule has 0 saturated carbocycles. The van der Waals surface area contributed by atoms with Crippen molar-refractivity contribution in [3.05, 3.63) is 0 Å². The van der Waals surface area contributed by atoms with Crippen molar-refractivity contribution < 1.29 is 9.59 Å². The molecular weight excluding hydrogens is 194 g/mol. The first-order valence-corrected chi connectivity index (χ1v) is 5.17. The van der Waals surface area contributed by atoms with Crippen LogP contribution in [0.1, 0.15) is 27.7 Å². The number of nitrogens with one attached hydrogen (secondary N) is 2. The topological polar surface area (TPSA) is 84.2 Å². The molecule has 2 amide bonds. The standard InChI is InChI=1S/C10H21N3O2/c1-6(2)13-9(14)5-12-10(15)7(3)8(4)11/h6-8H,5,11H2,1-4H3,(H,12,15)(H,13,14). The van der Waals surface area contributed by atoms with Crippen molar-refractivity contribution in [2.24, 2.45) is 11.7 Å². The first-order chi connectivity index (χ1) is 6.84. The van der Waals surface area contributed by atoms with Crippen LogP contribution >= 0.6 is 0 Å². The summed E-state index contributed by atoms with van der Waals surface area (Å²) in [4.78, 5) is 22.6. The van der Waals surface area contributed by atoms with Crippen LogP contribution in [-0.4, -0.2) is 30.4 Å². The second-order valence-electron chi connectivity index (χ2n) is 4.09. The normalized spacial score (nSPS) is 14.5. The molecule has 0 radical (unpaired) electrons. The Morgan fingerprint density at radius 1 is 1.20 bits per heavy atom. The Bertz CT molecular complexity index is 227. The maximum Gasteiger partial charge on any atom is 0.239 e. The van der Waals surface area contributed by atoms with Gasteiger partial charge in [0.15, 0.2) is 0 Å². The molecule has 0 spiro atoms. The zero-order chi connectivity index (χ0) is 12.0. The van der Waals surface area contributed by atoms with Gasteiger partial charge in [0.2, 0.25) is 11.8 Å². The number of carbonyl (C=O) groups excluding carboxylic acids is 2. The molecule has 0 aromatic carbocycles. The van der Waals surface area contributed by atoms with Crippen molar-refractivity contribution in [3.63, 3.8) is 0 Å². The number of carbonyl (C=O) groups is 2. The van der Waals surface area contributed by atoms with Gasteiger partial charge in [-0.2, -0.15) is 0 Å². The summed E-state index contributed by atoms with van der Waals surface area (Å²) in [6.45, 7) is 7.24. The van der Waals surface area contributed by atoms with Crippen LogP contribution < -0.4 is 16.4 Å². The van der Waals surface area contributed by atoms with Gasteiger partial charge in [-0.25, -0.2) is 0 Å². The van der Waals surface area contributed by atoms with Crippen molar-refractivity contribution in [3.8, 4) is 0 Å². The van der Waals surface area contributed by atoms with E-state index in [-0.39, 0.29) is 36.4 Å². The lowest BCUT2D eigenvalue weighted by molar-refractivity contribution is -0.128. The zero-order valence-corrected chi connectivity index (χ0v) is 9.83. The number of hydrogen-bond donors (Lipinski definition) is 3. The minimum Gasteiger partial charge on any atom is -0.352 e. The number of rotatable bonds is 5. The van der Waals surface area contributed by atoms with Crippen molar-refractivity contribution in [1.29, 1.82) is 0 Å². The molecule has 0 aromatic rings. The van der Waals surface area contributed by atoms with Gasteiger partial charge < -0.3 is 16.4 Å². The molecule has 2 atom stereocenters. The first kappa shape index (κ1) is 13.9. The molecule has 0 aromatic heterocycles. The van der Waals surface area contributed by atoms with Crippen molar-refractivity contribution in [2.45, 2.75) is 39.8 Å². The summed E-state index contributed by atoms with van der Waals surface area (Å²) in [7, 11) is 0. The van der Waals surface area contributed by atoms with Crippen LogP contribution in [0.25, 0.3) is 0 Å². The quantitative estimate of drug-likeness (QED) is 0.584. The average molecular weight is 215 g/mol. The molecule has 0 bridgehead atoms. The molecule has 15 heavy (non-hydrogen) atoms. The molecule has 0 heterocycles. The molecule has 5 heteroatoms. The highest BCUT2D eigenvalue weighted by molar-refractivity contribution is 5.85. The maximum atomic E-state index is 11.4. The van der Waals surface area contributed by atoms with E-state index in [9.17, 15) is 9.59 Å². The smallest absolute Gasteiger partial charge is 0.239 e. The highest BCUT2D eigenvalue weighted by Gasteiger charge is 2.17. The lowest BCUT2D eigenvalue weighted by Gasteiger charge is -2.15. The fourth-order valence-corrected chi connectivity index (χ4v) is 0.940. The Kier molecular flexibility index (Phi) is 5.93. The summed E-state index contributed by atoms with van der Waals surface area (Å²) >= 11 is 0. The predicted octanol–water partition coefficient (Wildman–Crippen LogP) is -0.389. The van der Waals surface area contributed by atoms with Crippen LogP contribution in [0, 0.1) is 5.92 Å². The fraction of sp³-hybridized carbons (Fsp3) is 0.800. The van der Waals surface area contributed by atoms with E-state index in [1.54, 1.807) is 13.8 Å². The van der Waals surface area contributed by atoms with Crippen LogP contribution in [-0.2, 0) is 9.59 Å². The Balaban J connectivity index is 3.85. The molecule has 0 aliphatic rings. The molecule has 5 nitrogen and oxygen atoms in total. The predicted molar refractivity (Wildman–Crippen MR) is 59.1 cm³/mol. The van der Waals surface area contributed by atoms with Gasteiger partial charge in [0.1, 0.15) is 0 Å². The van der Waals surface area contributed by atoms with E-state index in [0.29, 0.717) is 0 Å². The molecular formula is C10H21N3O2. The Hall–Kier alpha value is -1.10. The molecule has 88 valence electrons. The maximum absolute atomic E-state index is 11.4. The van der Waals surface area contributed by atoms with Gasteiger partial charge in [-0.15, -0.1) is 0 Å². The highest BCUT2D eigenvalue weighted by atomic mass is 16.2. The number of nitrogens with two attached hydrogens (primary N) is 1. The van der Waals surface area contributed by atoms with Gasteiger partial charge in [-0.05, 0) is 20.8 Å². The van der Waals surface area contributed by atoms with Gasteiger partial charge in [0.25, 0.3) is 0 Å². The van der Waals surface area contributed by atoms with Gasteiger partial charge in [-0.3, -0.25) is 9.59 Å². The van der Waals surface area contributed by atoms with Crippen LogP contribution in [0.15, 0.2) is 0 Å². The summed E-state index contributed by atoms with van der Waals surface area (Å²) in [6.07, 6.45) is 0. The molecule has 4 N–H and O–H groups in total. The van der Waals surface area contributed by atoms with Crippen LogP contribution in [0.5, 0.6) is 0 Å². The van der Waals surface area contributed by atoms with Gasteiger partial charge in [-0.1, -0.05) is 6.92 Å². The third-order valence-electron chi connectivity index (χ3n) is 2.08. The molecule has 0 saturated heterocycles. The second-order valence-corrected chi connectivity index (χ2v) is 4.09. The van der Waals surface area contributed by atoms with Crippen LogP contribution in [0.2, 0.25) is 0 Å². The van der Waals surface area contributed by atoms with E-state index < -0.39 is 0 Å². The highest BCUT2D eigenvalue weighted by Crippen LogP contribution is 1.98. The summed E-state index contributed by atoms with van der Waals surface area (Å²) in [6, 6.07) is -0.126. The molecule has 0 aliphatic carbocycles. The van der Waals surface area contributed by atoms with Gasteiger partial charge >= 0.3 is 0 Å². The summed E-state index contributed by atoms with van der Waals surface area (Å²) in [5.74, 6) is -0.656. The second kappa shape index (κ2) is 6.40. The third-order valence-corrected chi connectivity index (χ3v) is 2.08. The van der Waals surface area contributed by atoms with Crippen molar-refractivity contribution in [2.75, 3.05) is 6.54 Å². The number of hydrogen-bond acceptors (Lipinski definition) is 3. The Morgan fingerprint density at radius 3 is 2.13 bits per heavy atom. The van der Waals surface area contributed by atoms with E-state index >= 15 is 0 Å². The van der Waals surface area contributed by atoms with Crippen molar-refractivity contribution >= 4 is 11.8 Å². The van der Waals surface area contributed by atoms with Gasteiger partial charge in [0, 0.05) is 18.0 Å². The van der Waals surface area contributed by atoms with E-state index in [4.69, 9.17) is 5.73 Å². The lowest BCUT2D eigenvalue weighted by atomic mass is 10.0. The van der Waals surface area contributed by atoms with Crippen LogP contribution in [0.3, 0.4) is 0 Å². The van der Waals surface area contributed by atoms with E-state index in [1.165, 1.54) is 0 Å². The van der Waals surface area contributed by atoms with Crippen LogP contribution in [0.4, 0.5) is 0 Å². The molecule has 0 fully saturated rings. The SMILES string of the molecule is CC(C)NC(=O)CNC(=O)C(C)C(C)N. The zero-order valence-electron chi connectivity index (χ0n) is 9.83. The average Bonchev–Trinajstić information content (AvgIpc) is 2.11.